The highest BCUT2D eigenvalue weighted by atomic mass is 79.9. The topological polar surface area (TPSA) is 66.4 Å². The number of hydrogen-bond acceptors (Lipinski definition) is 2. The fraction of sp³-hybridized carbons (Fsp3) is 0.0667. The molecule has 6 heteroatoms. The Bertz CT molecular complexity index is 731. The molecule has 0 saturated carbocycles. The second-order valence-electron chi connectivity index (χ2n) is 4.42. The molecule has 0 aromatic heterocycles. The zero-order chi connectivity index (χ0) is 15.6. The molecular formula is C15H11BrFNO3. The number of rotatable bonds is 3. The maximum atomic E-state index is 13.4. The Morgan fingerprint density at radius 2 is 1.90 bits per heavy atom. The lowest BCUT2D eigenvalue weighted by atomic mass is 10.1. The molecule has 108 valence electrons. The van der Waals surface area contributed by atoms with Gasteiger partial charge in [0.1, 0.15) is 5.82 Å². The molecule has 2 aromatic carbocycles. The van der Waals surface area contributed by atoms with Crippen molar-refractivity contribution in [1.82, 2.24) is 0 Å². The molecule has 2 N–H and O–H groups in total. The van der Waals surface area contributed by atoms with Gasteiger partial charge in [-0.15, -0.1) is 0 Å². The van der Waals surface area contributed by atoms with Crippen LogP contribution in [0.2, 0.25) is 0 Å². The number of carboxylic acid groups (broad SMARTS) is 1. The highest BCUT2D eigenvalue weighted by Gasteiger charge is 2.12. The molecule has 21 heavy (non-hydrogen) atoms. The number of hydrogen-bond donors (Lipinski definition) is 2. The molecule has 1 amide bonds. The quantitative estimate of drug-likeness (QED) is 0.882. The summed E-state index contributed by atoms with van der Waals surface area (Å²) in [6.07, 6.45) is 0. The van der Waals surface area contributed by atoms with Gasteiger partial charge < -0.3 is 10.4 Å². The van der Waals surface area contributed by atoms with Gasteiger partial charge >= 0.3 is 5.97 Å². The minimum Gasteiger partial charge on any atom is -0.478 e. The van der Waals surface area contributed by atoms with Crippen LogP contribution in [0.15, 0.2) is 40.9 Å². The standard InChI is InChI=1S/C15H11BrFNO3/c1-8-2-3-9(6-13(8)17)14(19)18-10-4-5-12(16)11(7-10)15(20)21/h2-7H,1H3,(H,18,19)(H,20,21). The van der Waals surface area contributed by atoms with Crippen molar-refractivity contribution in [3.63, 3.8) is 0 Å². The third kappa shape index (κ3) is 3.46. The van der Waals surface area contributed by atoms with E-state index in [9.17, 15) is 14.0 Å². The highest BCUT2D eigenvalue weighted by molar-refractivity contribution is 9.10. The largest absolute Gasteiger partial charge is 0.478 e. The molecule has 0 fully saturated rings. The van der Waals surface area contributed by atoms with E-state index in [4.69, 9.17) is 5.11 Å². The Labute approximate surface area is 128 Å². The number of benzene rings is 2. The average Bonchev–Trinajstić information content (AvgIpc) is 2.43. The third-order valence-corrected chi connectivity index (χ3v) is 3.58. The average molecular weight is 352 g/mol. The number of carbonyl (C=O) groups excluding carboxylic acids is 1. The minimum absolute atomic E-state index is 0.0305. The Morgan fingerprint density at radius 3 is 2.52 bits per heavy atom. The summed E-state index contributed by atoms with van der Waals surface area (Å²) in [4.78, 5) is 23.0. The Kier molecular flexibility index (Phi) is 4.37. The van der Waals surface area contributed by atoms with Crippen molar-refractivity contribution in [2.24, 2.45) is 0 Å². The van der Waals surface area contributed by atoms with E-state index < -0.39 is 17.7 Å². The van der Waals surface area contributed by atoms with Crippen LogP contribution >= 0.6 is 15.9 Å². The summed E-state index contributed by atoms with van der Waals surface area (Å²) in [6, 6.07) is 8.56. The van der Waals surface area contributed by atoms with Crippen molar-refractivity contribution >= 4 is 33.5 Å². The number of aryl methyl sites for hydroxylation is 1. The van der Waals surface area contributed by atoms with Crippen molar-refractivity contribution < 1.29 is 19.1 Å². The number of amides is 1. The zero-order valence-electron chi connectivity index (χ0n) is 11.0. The molecule has 0 aliphatic rings. The molecule has 2 rings (SSSR count). The lowest BCUT2D eigenvalue weighted by Gasteiger charge is -2.08. The highest BCUT2D eigenvalue weighted by Crippen LogP contribution is 2.22. The Hall–Kier alpha value is -2.21. The normalized spacial score (nSPS) is 10.2. The first-order valence-corrected chi connectivity index (χ1v) is 6.78. The second kappa shape index (κ2) is 6.05. The van der Waals surface area contributed by atoms with Gasteiger partial charge in [0, 0.05) is 15.7 Å². The second-order valence-corrected chi connectivity index (χ2v) is 5.27. The van der Waals surface area contributed by atoms with Gasteiger partial charge in [0.25, 0.3) is 5.91 Å². The molecular weight excluding hydrogens is 341 g/mol. The minimum atomic E-state index is -1.11. The van der Waals surface area contributed by atoms with Gasteiger partial charge in [-0.2, -0.15) is 0 Å². The molecule has 0 radical (unpaired) electrons. The van der Waals surface area contributed by atoms with Crippen LogP contribution in [0.5, 0.6) is 0 Å². The molecule has 0 aliphatic carbocycles. The molecule has 0 bridgehead atoms. The molecule has 2 aromatic rings. The van der Waals surface area contributed by atoms with E-state index in [0.717, 1.165) is 6.07 Å². The van der Waals surface area contributed by atoms with Gasteiger partial charge in [0.2, 0.25) is 0 Å². The van der Waals surface area contributed by atoms with Crippen molar-refractivity contribution in [2.75, 3.05) is 5.32 Å². The van der Waals surface area contributed by atoms with Gasteiger partial charge in [-0.05, 0) is 58.7 Å². The van der Waals surface area contributed by atoms with E-state index in [-0.39, 0.29) is 11.1 Å². The summed E-state index contributed by atoms with van der Waals surface area (Å²) in [6.45, 7) is 1.60. The number of carboxylic acids is 1. The molecule has 0 saturated heterocycles. The maximum absolute atomic E-state index is 13.4. The van der Waals surface area contributed by atoms with Crippen molar-refractivity contribution in [3.8, 4) is 0 Å². The third-order valence-electron chi connectivity index (χ3n) is 2.89. The fourth-order valence-corrected chi connectivity index (χ4v) is 2.12. The van der Waals surface area contributed by atoms with Crippen molar-refractivity contribution in [1.29, 1.82) is 0 Å². The number of aromatic carboxylic acids is 1. The predicted octanol–water partition coefficient (Wildman–Crippen LogP) is 3.85. The smallest absolute Gasteiger partial charge is 0.336 e. The number of carbonyl (C=O) groups is 2. The first-order valence-electron chi connectivity index (χ1n) is 5.99. The van der Waals surface area contributed by atoms with Gasteiger partial charge in [0.15, 0.2) is 0 Å². The van der Waals surface area contributed by atoms with Crippen LogP contribution in [0.25, 0.3) is 0 Å². The lowest BCUT2D eigenvalue weighted by Crippen LogP contribution is -2.13. The van der Waals surface area contributed by atoms with E-state index in [2.05, 4.69) is 21.2 Å². The first-order chi connectivity index (χ1) is 9.88. The van der Waals surface area contributed by atoms with Crippen molar-refractivity contribution in [3.05, 3.63) is 63.4 Å². The summed E-state index contributed by atoms with van der Waals surface area (Å²) in [5.41, 5.74) is 0.964. The van der Waals surface area contributed by atoms with E-state index in [0.29, 0.717) is 15.7 Å². The van der Waals surface area contributed by atoms with Gasteiger partial charge in [-0.3, -0.25) is 4.79 Å². The molecule has 0 heterocycles. The van der Waals surface area contributed by atoms with Crippen LogP contribution in [0, 0.1) is 12.7 Å². The van der Waals surface area contributed by atoms with Gasteiger partial charge in [0.05, 0.1) is 5.56 Å². The fourth-order valence-electron chi connectivity index (χ4n) is 1.70. The molecule has 0 unspecified atom stereocenters. The summed E-state index contributed by atoms with van der Waals surface area (Å²) in [5, 5.41) is 11.6. The van der Waals surface area contributed by atoms with Crippen LogP contribution in [-0.4, -0.2) is 17.0 Å². The molecule has 0 spiro atoms. The van der Waals surface area contributed by atoms with Gasteiger partial charge in [-0.1, -0.05) is 6.07 Å². The van der Waals surface area contributed by atoms with E-state index in [1.807, 2.05) is 0 Å². The van der Waals surface area contributed by atoms with Crippen LogP contribution < -0.4 is 5.32 Å². The van der Waals surface area contributed by atoms with Crippen LogP contribution in [-0.2, 0) is 0 Å². The van der Waals surface area contributed by atoms with Crippen LogP contribution in [0.1, 0.15) is 26.3 Å². The Morgan fingerprint density at radius 1 is 1.19 bits per heavy atom. The number of nitrogens with one attached hydrogen (secondary N) is 1. The summed E-state index contributed by atoms with van der Waals surface area (Å²) < 4.78 is 13.8. The first kappa shape index (κ1) is 15.2. The summed E-state index contributed by atoms with van der Waals surface area (Å²) in [7, 11) is 0. The monoisotopic (exact) mass is 351 g/mol. The van der Waals surface area contributed by atoms with Gasteiger partial charge in [-0.25, -0.2) is 9.18 Å². The molecule has 0 atom stereocenters. The summed E-state index contributed by atoms with van der Waals surface area (Å²) in [5.74, 6) is -2.09. The van der Waals surface area contributed by atoms with Crippen LogP contribution in [0.4, 0.5) is 10.1 Å². The zero-order valence-corrected chi connectivity index (χ0v) is 12.6. The lowest BCUT2D eigenvalue weighted by molar-refractivity contribution is 0.0695. The van der Waals surface area contributed by atoms with Crippen LogP contribution in [0.3, 0.4) is 0 Å². The number of anilines is 1. The predicted molar refractivity (Wildman–Crippen MR) is 80.2 cm³/mol. The molecule has 0 aliphatic heterocycles. The number of halogens is 2. The maximum Gasteiger partial charge on any atom is 0.336 e. The van der Waals surface area contributed by atoms with E-state index in [1.165, 1.54) is 24.3 Å². The summed E-state index contributed by atoms with van der Waals surface area (Å²) >= 11 is 3.12. The van der Waals surface area contributed by atoms with E-state index in [1.54, 1.807) is 13.0 Å². The SMILES string of the molecule is Cc1ccc(C(=O)Nc2ccc(Br)c(C(=O)O)c2)cc1F. The molecule has 4 nitrogen and oxygen atoms in total. The van der Waals surface area contributed by atoms with Crippen molar-refractivity contribution in [2.45, 2.75) is 6.92 Å². The van der Waals surface area contributed by atoms with E-state index >= 15 is 0 Å². The Balaban J connectivity index is 2.25.